The second-order valence-electron chi connectivity index (χ2n) is 4.59. The predicted octanol–water partition coefficient (Wildman–Crippen LogP) is 2.25. The summed E-state index contributed by atoms with van der Waals surface area (Å²) in [5.41, 5.74) is 0.605. The molecular formula is C13H8BrF2N3O2. The topological polar surface area (TPSA) is 53.0 Å². The van der Waals surface area contributed by atoms with Crippen molar-refractivity contribution in [3.05, 3.63) is 40.0 Å². The van der Waals surface area contributed by atoms with Crippen molar-refractivity contribution in [2.45, 2.75) is 6.92 Å². The van der Waals surface area contributed by atoms with Gasteiger partial charge in [0.25, 0.3) is 11.8 Å². The molecule has 0 unspecified atom stereocenters. The molecule has 0 spiro atoms. The van der Waals surface area contributed by atoms with Crippen molar-refractivity contribution in [2.24, 2.45) is 4.99 Å². The number of carbonyl (C=O) groups is 2. The molecule has 5 nitrogen and oxygen atoms in total. The maximum Gasteiger partial charge on any atom is 0.269 e. The summed E-state index contributed by atoms with van der Waals surface area (Å²) in [6.07, 6.45) is 0.703. The second kappa shape index (κ2) is 4.73. The van der Waals surface area contributed by atoms with Crippen LogP contribution >= 0.6 is 15.9 Å². The molecule has 2 heterocycles. The Hall–Kier alpha value is -2.09. The van der Waals surface area contributed by atoms with Crippen LogP contribution in [0, 0.1) is 12.7 Å². The second-order valence-corrected chi connectivity index (χ2v) is 5.44. The molecule has 2 amide bonds. The summed E-state index contributed by atoms with van der Waals surface area (Å²) in [5.74, 6) is -3.17. The Morgan fingerprint density at radius 3 is 2.71 bits per heavy atom. The number of carbonyl (C=O) groups excluding carboxylic acids is 2. The first-order chi connectivity index (χ1) is 9.88. The number of benzene rings is 1. The molecule has 1 aromatic rings. The largest absolute Gasteiger partial charge is 0.278 e. The van der Waals surface area contributed by atoms with Crippen molar-refractivity contribution in [1.29, 1.82) is 0 Å². The zero-order valence-corrected chi connectivity index (χ0v) is 12.3. The van der Waals surface area contributed by atoms with Crippen molar-refractivity contribution in [3.63, 3.8) is 0 Å². The number of aliphatic imine (C=N–C) groups is 1. The van der Waals surface area contributed by atoms with Crippen LogP contribution in [0.4, 0.5) is 14.5 Å². The van der Waals surface area contributed by atoms with Crippen LogP contribution in [-0.4, -0.2) is 29.2 Å². The number of hydrogen-bond acceptors (Lipinski definition) is 3. The summed E-state index contributed by atoms with van der Waals surface area (Å²) in [6, 6.07) is 2.63. The summed E-state index contributed by atoms with van der Waals surface area (Å²) >= 11 is 3.18. The molecule has 0 saturated heterocycles. The van der Waals surface area contributed by atoms with Crippen LogP contribution in [0.25, 0.3) is 0 Å². The Labute approximate surface area is 126 Å². The molecule has 1 aromatic carbocycles. The maximum absolute atomic E-state index is 14.1. The van der Waals surface area contributed by atoms with Crippen LogP contribution in [0.15, 0.2) is 33.6 Å². The molecule has 0 saturated carbocycles. The minimum absolute atomic E-state index is 0.0806. The Balaban J connectivity index is 2.17. The first-order valence-corrected chi connectivity index (χ1v) is 6.74. The third-order valence-electron chi connectivity index (χ3n) is 3.15. The summed E-state index contributed by atoms with van der Waals surface area (Å²) in [7, 11) is 0. The van der Waals surface area contributed by atoms with Crippen LogP contribution in [0.2, 0.25) is 0 Å². The van der Waals surface area contributed by atoms with Crippen LogP contribution < -0.4 is 4.90 Å². The summed E-state index contributed by atoms with van der Waals surface area (Å²) in [4.78, 5) is 28.8. The van der Waals surface area contributed by atoms with Crippen LogP contribution in [0.5, 0.6) is 0 Å². The first kappa shape index (κ1) is 13.9. The molecule has 0 aromatic heterocycles. The normalized spacial score (nSPS) is 17.9. The Morgan fingerprint density at radius 2 is 2.00 bits per heavy atom. The number of anilines is 1. The SMILES string of the molecule is Cc1cc(N2C(=O)C=C(F)N3CC(=O)N=C32)c(F)cc1Br. The highest BCUT2D eigenvalue weighted by atomic mass is 79.9. The number of amides is 2. The van der Waals surface area contributed by atoms with E-state index in [-0.39, 0.29) is 18.2 Å². The third-order valence-corrected chi connectivity index (χ3v) is 4.00. The highest BCUT2D eigenvalue weighted by Gasteiger charge is 2.39. The monoisotopic (exact) mass is 355 g/mol. The fourth-order valence-corrected chi connectivity index (χ4v) is 2.45. The van der Waals surface area contributed by atoms with Gasteiger partial charge in [-0.15, -0.1) is 0 Å². The van der Waals surface area contributed by atoms with E-state index in [4.69, 9.17) is 0 Å². The maximum atomic E-state index is 14.1. The highest BCUT2D eigenvalue weighted by Crippen LogP contribution is 2.31. The molecule has 0 N–H and O–H groups in total. The van der Waals surface area contributed by atoms with Gasteiger partial charge < -0.3 is 0 Å². The molecule has 0 fully saturated rings. The fourth-order valence-electron chi connectivity index (χ4n) is 2.14. The number of rotatable bonds is 1. The van der Waals surface area contributed by atoms with Crippen molar-refractivity contribution in [2.75, 3.05) is 11.4 Å². The van der Waals surface area contributed by atoms with Gasteiger partial charge in [0, 0.05) is 4.47 Å². The van der Waals surface area contributed by atoms with Gasteiger partial charge in [-0.05, 0) is 24.6 Å². The standard InChI is InChI=1S/C13H8BrF2N3O2/c1-6-2-9(8(15)3-7(6)14)19-12(21)4-10(16)18-5-11(20)17-13(18)19/h2-4H,5H2,1H3. The fraction of sp³-hybridized carbons (Fsp3) is 0.154. The molecule has 0 radical (unpaired) electrons. The average Bonchev–Trinajstić information content (AvgIpc) is 2.77. The summed E-state index contributed by atoms with van der Waals surface area (Å²) < 4.78 is 28.4. The van der Waals surface area contributed by atoms with E-state index in [0.717, 1.165) is 9.80 Å². The third kappa shape index (κ3) is 2.15. The van der Waals surface area contributed by atoms with E-state index in [1.54, 1.807) is 6.92 Å². The van der Waals surface area contributed by atoms with E-state index in [0.29, 0.717) is 16.1 Å². The van der Waals surface area contributed by atoms with Gasteiger partial charge in [0.1, 0.15) is 12.4 Å². The number of aryl methyl sites for hydroxylation is 1. The van der Waals surface area contributed by atoms with Crippen LogP contribution in [-0.2, 0) is 9.59 Å². The van der Waals surface area contributed by atoms with E-state index >= 15 is 0 Å². The summed E-state index contributed by atoms with van der Waals surface area (Å²) in [6.45, 7) is 1.41. The van der Waals surface area contributed by atoms with Crippen LogP contribution in [0.3, 0.4) is 0 Å². The zero-order chi connectivity index (χ0) is 15.3. The lowest BCUT2D eigenvalue weighted by Gasteiger charge is -2.31. The molecule has 108 valence electrons. The van der Waals surface area contributed by atoms with Gasteiger partial charge in [0.15, 0.2) is 0 Å². The Kier molecular flexibility index (Phi) is 3.12. The number of guanidine groups is 1. The smallest absolute Gasteiger partial charge is 0.269 e. The minimum atomic E-state index is -0.880. The molecule has 21 heavy (non-hydrogen) atoms. The minimum Gasteiger partial charge on any atom is -0.278 e. The molecule has 0 aliphatic carbocycles. The van der Waals surface area contributed by atoms with Crippen molar-refractivity contribution >= 4 is 39.4 Å². The van der Waals surface area contributed by atoms with Gasteiger partial charge in [-0.1, -0.05) is 15.9 Å². The van der Waals surface area contributed by atoms with E-state index in [2.05, 4.69) is 20.9 Å². The van der Waals surface area contributed by atoms with Gasteiger partial charge in [0.2, 0.25) is 11.9 Å². The number of fused-ring (bicyclic) bond motifs is 1. The van der Waals surface area contributed by atoms with Crippen molar-refractivity contribution < 1.29 is 18.4 Å². The Morgan fingerprint density at radius 1 is 1.29 bits per heavy atom. The van der Waals surface area contributed by atoms with Crippen molar-refractivity contribution in [3.8, 4) is 0 Å². The van der Waals surface area contributed by atoms with E-state index in [1.807, 2.05) is 0 Å². The van der Waals surface area contributed by atoms with E-state index in [1.165, 1.54) is 12.1 Å². The van der Waals surface area contributed by atoms with E-state index in [9.17, 15) is 18.4 Å². The number of nitrogens with zero attached hydrogens (tertiary/aromatic N) is 3. The molecule has 0 bridgehead atoms. The zero-order valence-electron chi connectivity index (χ0n) is 10.7. The van der Waals surface area contributed by atoms with Crippen LogP contribution in [0.1, 0.15) is 5.56 Å². The predicted molar refractivity (Wildman–Crippen MR) is 74.7 cm³/mol. The molecule has 8 heteroatoms. The highest BCUT2D eigenvalue weighted by molar-refractivity contribution is 9.10. The first-order valence-electron chi connectivity index (χ1n) is 5.94. The van der Waals surface area contributed by atoms with Crippen molar-refractivity contribution in [1.82, 2.24) is 4.90 Å². The van der Waals surface area contributed by atoms with E-state index < -0.39 is 23.6 Å². The molecule has 0 atom stereocenters. The number of hydrogen-bond donors (Lipinski definition) is 0. The van der Waals surface area contributed by atoms with Gasteiger partial charge in [-0.25, -0.2) is 9.29 Å². The van der Waals surface area contributed by atoms with Gasteiger partial charge in [-0.2, -0.15) is 9.38 Å². The lowest BCUT2D eigenvalue weighted by Crippen LogP contribution is -2.48. The van der Waals surface area contributed by atoms with Gasteiger partial charge in [-0.3, -0.25) is 14.5 Å². The van der Waals surface area contributed by atoms with Gasteiger partial charge >= 0.3 is 0 Å². The Bertz CT molecular complexity index is 745. The molecule has 2 aliphatic rings. The summed E-state index contributed by atoms with van der Waals surface area (Å²) in [5, 5.41) is 0. The lowest BCUT2D eigenvalue weighted by molar-refractivity contribution is -0.117. The number of halogens is 3. The average molecular weight is 356 g/mol. The molecule has 3 rings (SSSR count). The molecular weight excluding hydrogens is 348 g/mol. The van der Waals surface area contributed by atoms with Gasteiger partial charge in [0.05, 0.1) is 11.8 Å². The quantitative estimate of drug-likeness (QED) is 0.726. The lowest BCUT2D eigenvalue weighted by atomic mass is 10.2. The molecule has 2 aliphatic heterocycles.